The van der Waals surface area contributed by atoms with Crippen molar-refractivity contribution in [2.45, 2.75) is 32.1 Å². The van der Waals surface area contributed by atoms with Crippen molar-refractivity contribution in [2.75, 3.05) is 13.1 Å². The van der Waals surface area contributed by atoms with Gasteiger partial charge in [-0.05, 0) is 67.6 Å². The highest BCUT2D eigenvalue weighted by atomic mass is 35.5. The summed E-state index contributed by atoms with van der Waals surface area (Å²) in [7, 11) is 0. The van der Waals surface area contributed by atoms with Crippen LogP contribution in [-0.2, 0) is 16.0 Å². The van der Waals surface area contributed by atoms with Crippen molar-refractivity contribution in [1.29, 1.82) is 0 Å². The summed E-state index contributed by atoms with van der Waals surface area (Å²) in [6, 6.07) is 9.87. The van der Waals surface area contributed by atoms with E-state index in [1.54, 1.807) is 36.2 Å². The largest absolute Gasteiger partial charge is 0.336 e. The Morgan fingerprint density at radius 1 is 1.17 bits per heavy atom. The van der Waals surface area contributed by atoms with Crippen LogP contribution in [0, 0.1) is 12.7 Å². The zero-order valence-electron chi connectivity index (χ0n) is 16.6. The molecule has 0 bridgehead atoms. The van der Waals surface area contributed by atoms with Crippen molar-refractivity contribution < 1.29 is 14.0 Å². The molecule has 0 spiro atoms. The highest BCUT2D eigenvalue weighted by molar-refractivity contribution is 6.36. The maximum Gasteiger partial charge on any atom is 0.290 e. The minimum atomic E-state index is -0.478. The summed E-state index contributed by atoms with van der Waals surface area (Å²) < 4.78 is 13.7. The van der Waals surface area contributed by atoms with Gasteiger partial charge in [-0.2, -0.15) is 0 Å². The SMILES string of the molecule is Cc1nc(CC(=O)C(=O)N2CCC(c3ccnc4ccc(F)cc34)CC2)ccc1Cl. The Morgan fingerprint density at radius 2 is 1.93 bits per heavy atom. The maximum absolute atomic E-state index is 13.7. The molecule has 1 saturated heterocycles. The number of ketones is 1. The number of aryl methyl sites for hydroxylation is 1. The number of fused-ring (bicyclic) bond motifs is 1. The van der Waals surface area contributed by atoms with Crippen molar-refractivity contribution >= 4 is 34.2 Å². The van der Waals surface area contributed by atoms with Gasteiger partial charge in [0, 0.05) is 30.4 Å². The van der Waals surface area contributed by atoms with Crippen LogP contribution >= 0.6 is 11.6 Å². The third kappa shape index (κ3) is 4.19. The highest BCUT2D eigenvalue weighted by Gasteiger charge is 2.28. The van der Waals surface area contributed by atoms with Gasteiger partial charge in [-0.15, -0.1) is 0 Å². The zero-order valence-corrected chi connectivity index (χ0v) is 17.3. The van der Waals surface area contributed by atoms with Gasteiger partial charge in [-0.3, -0.25) is 19.6 Å². The minimum absolute atomic E-state index is 0.0367. The Bertz CT molecular complexity index is 1130. The third-order valence-electron chi connectivity index (χ3n) is 5.62. The summed E-state index contributed by atoms with van der Waals surface area (Å²) in [6.07, 6.45) is 3.13. The number of carbonyl (C=O) groups is 2. The number of piperidine rings is 1. The van der Waals surface area contributed by atoms with Crippen LogP contribution in [0.3, 0.4) is 0 Å². The number of likely N-dealkylation sites (tertiary alicyclic amines) is 1. The third-order valence-corrected chi connectivity index (χ3v) is 6.02. The van der Waals surface area contributed by atoms with Crippen LogP contribution in [-0.4, -0.2) is 39.6 Å². The lowest BCUT2D eigenvalue weighted by molar-refractivity contribution is -0.145. The molecule has 3 heterocycles. The molecule has 1 aromatic carbocycles. The predicted molar refractivity (Wildman–Crippen MR) is 113 cm³/mol. The Morgan fingerprint density at radius 3 is 2.67 bits per heavy atom. The molecule has 154 valence electrons. The smallest absolute Gasteiger partial charge is 0.290 e. The summed E-state index contributed by atoms with van der Waals surface area (Å²) in [6.45, 7) is 2.74. The molecule has 1 amide bonds. The molecule has 0 atom stereocenters. The summed E-state index contributed by atoms with van der Waals surface area (Å²) in [5.74, 6) is -1.05. The van der Waals surface area contributed by atoms with Crippen molar-refractivity contribution in [1.82, 2.24) is 14.9 Å². The number of Topliss-reactive ketones (excluding diaryl/α,β-unsaturated/α-hetero) is 1. The molecule has 4 rings (SSSR count). The van der Waals surface area contributed by atoms with Gasteiger partial charge >= 0.3 is 0 Å². The number of hydrogen-bond acceptors (Lipinski definition) is 4. The molecule has 0 N–H and O–H groups in total. The minimum Gasteiger partial charge on any atom is -0.336 e. The highest BCUT2D eigenvalue weighted by Crippen LogP contribution is 2.32. The van der Waals surface area contributed by atoms with Crippen molar-refractivity contribution in [3.63, 3.8) is 0 Å². The first-order valence-corrected chi connectivity index (χ1v) is 10.3. The number of aromatic nitrogens is 2. The summed E-state index contributed by atoms with van der Waals surface area (Å²) in [4.78, 5) is 35.3. The number of amides is 1. The second kappa shape index (κ2) is 8.48. The van der Waals surface area contributed by atoms with Gasteiger partial charge in [0.25, 0.3) is 5.91 Å². The van der Waals surface area contributed by atoms with E-state index in [0.29, 0.717) is 42.3 Å². The van der Waals surface area contributed by atoms with Crippen molar-refractivity contribution in [3.05, 3.63) is 70.4 Å². The second-order valence-electron chi connectivity index (χ2n) is 7.60. The quantitative estimate of drug-likeness (QED) is 0.586. The van der Waals surface area contributed by atoms with Crippen LogP contribution in [0.25, 0.3) is 10.9 Å². The molecule has 0 radical (unpaired) electrons. The Labute approximate surface area is 178 Å². The average molecular weight is 426 g/mol. The van der Waals surface area contributed by atoms with E-state index in [2.05, 4.69) is 9.97 Å². The molecule has 7 heteroatoms. The van der Waals surface area contributed by atoms with Gasteiger partial charge in [0.15, 0.2) is 0 Å². The second-order valence-corrected chi connectivity index (χ2v) is 8.01. The molecule has 1 aliphatic rings. The number of carbonyl (C=O) groups excluding carboxylic acids is 2. The Balaban J connectivity index is 1.42. The molecular formula is C23H21ClFN3O2. The van der Waals surface area contributed by atoms with Crippen LogP contribution in [0.15, 0.2) is 42.6 Å². The lowest BCUT2D eigenvalue weighted by Crippen LogP contribution is -2.42. The molecule has 0 saturated carbocycles. The molecule has 3 aromatic rings. The average Bonchev–Trinajstić information content (AvgIpc) is 2.75. The standard InChI is InChI=1S/C23H21ClFN3O2/c1-14-20(24)4-3-17(27-14)13-22(29)23(30)28-10-7-15(8-11-28)18-6-9-26-21-5-2-16(25)12-19(18)21/h2-6,9,12,15H,7-8,10-11,13H2,1H3. The van der Waals surface area contributed by atoms with Gasteiger partial charge in [0.05, 0.1) is 22.7 Å². The maximum atomic E-state index is 13.7. The van der Waals surface area contributed by atoms with Gasteiger partial charge in [-0.1, -0.05) is 11.6 Å². The lowest BCUT2D eigenvalue weighted by atomic mass is 9.87. The number of benzene rings is 1. The fraction of sp³-hybridized carbons (Fsp3) is 0.304. The van der Waals surface area contributed by atoms with E-state index in [-0.39, 0.29) is 18.2 Å². The Kier molecular flexibility index (Phi) is 5.77. The van der Waals surface area contributed by atoms with Crippen molar-refractivity contribution in [3.8, 4) is 0 Å². The van der Waals surface area contributed by atoms with E-state index >= 15 is 0 Å². The first-order chi connectivity index (χ1) is 14.4. The van der Waals surface area contributed by atoms with E-state index in [9.17, 15) is 14.0 Å². The molecule has 5 nitrogen and oxygen atoms in total. The lowest BCUT2D eigenvalue weighted by Gasteiger charge is -2.32. The fourth-order valence-corrected chi connectivity index (χ4v) is 4.11. The molecule has 30 heavy (non-hydrogen) atoms. The number of nitrogens with zero attached hydrogens (tertiary/aromatic N) is 3. The van der Waals surface area contributed by atoms with E-state index < -0.39 is 11.7 Å². The van der Waals surface area contributed by atoms with E-state index in [1.165, 1.54) is 12.1 Å². The van der Waals surface area contributed by atoms with Crippen LogP contribution in [0.2, 0.25) is 5.02 Å². The predicted octanol–water partition coefficient (Wildman–Crippen LogP) is 4.25. The molecule has 2 aromatic heterocycles. The van der Waals surface area contributed by atoms with Gasteiger partial charge < -0.3 is 4.90 Å². The van der Waals surface area contributed by atoms with Gasteiger partial charge in [-0.25, -0.2) is 4.39 Å². The monoisotopic (exact) mass is 425 g/mol. The normalized spacial score (nSPS) is 14.8. The number of halogens is 2. The van der Waals surface area contributed by atoms with Crippen LogP contribution in [0.4, 0.5) is 4.39 Å². The number of pyridine rings is 2. The molecule has 0 aliphatic carbocycles. The zero-order chi connectivity index (χ0) is 21.3. The van der Waals surface area contributed by atoms with Crippen LogP contribution in [0.5, 0.6) is 0 Å². The van der Waals surface area contributed by atoms with Crippen LogP contribution in [0.1, 0.15) is 35.7 Å². The number of rotatable bonds is 4. The first kappa shape index (κ1) is 20.4. The van der Waals surface area contributed by atoms with Gasteiger partial charge in [0.1, 0.15) is 5.82 Å². The molecule has 1 aliphatic heterocycles. The molecular weight excluding hydrogens is 405 g/mol. The summed E-state index contributed by atoms with van der Waals surface area (Å²) in [5.41, 5.74) is 2.97. The van der Waals surface area contributed by atoms with Crippen molar-refractivity contribution in [2.24, 2.45) is 0 Å². The van der Waals surface area contributed by atoms with E-state index in [4.69, 9.17) is 11.6 Å². The van der Waals surface area contributed by atoms with E-state index in [0.717, 1.165) is 16.5 Å². The molecule has 1 fully saturated rings. The number of hydrogen-bond donors (Lipinski definition) is 0. The molecule has 0 unspecified atom stereocenters. The fourth-order valence-electron chi connectivity index (χ4n) is 4.00. The topological polar surface area (TPSA) is 63.2 Å². The first-order valence-electron chi connectivity index (χ1n) is 9.90. The summed E-state index contributed by atoms with van der Waals surface area (Å²) in [5, 5.41) is 1.34. The van der Waals surface area contributed by atoms with Crippen LogP contribution < -0.4 is 0 Å². The van der Waals surface area contributed by atoms with Gasteiger partial charge in [0.2, 0.25) is 5.78 Å². The Hall–Kier alpha value is -2.86. The van der Waals surface area contributed by atoms with E-state index in [1.807, 2.05) is 6.07 Å². The summed E-state index contributed by atoms with van der Waals surface area (Å²) >= 11 is 5.96.